The third-order valence-electron chi connectivity index (χ3n) is 18.3. The molecular formula is C80H54Cl3N3. The van der Waals surface area contributed by atoms with Gasteiger partial charge in [0, 0.05) is 28.1 Å². The number of alkyl halides is 1. The average molecular weight is 1160 g/mol. The number of hydrogen-bond acceptors (Lipinski definition) is 3. The molecule has 2 N–H and O–H groups in total. The molecule has 4 aliphatic carbocycles. The van der Waals surface area contributed by atoms with Crippen LogP contribution in [0.15, 0.2) is 278 Å². The summed E-state index contributed by atoms with van der Waals surface area (Å²) >= 11 is 21.2. The van der Waals surface area contributed by atoms with Crippen LogP contribution >= 0.6 is 34.8 Å². The smallest absolute Gasteiger partial charge is 0.0729 e. The lowest BCUT2D eigenvalue weighted by atomic mass is 9.69. The third-order valence-corrected chi connectivity index (χ3v) is 19.2. The second-order valence-electron chi connectivity index (χ2n) is 22.8. The number of hydrogen-bond donors (Lipinski definition) is 2. The van der Waals surface area contributed by atoms with Gasteiger partial charge in [0.25, 0.3) is 0 Å². The fraction of sp³-hybridized carbons (Fsp3) is 0.0625. The predicted octanol–water partition coefficient (Wildman–Crippen LogP) is 22.4. The van der Waals surface area contributed by atoms with Gasteiger partial charge in [0.1, 0.15) is 0 Å². The fourth-order valence-electron chi connectivity index (χ4n) is 14.9. The Morgan fingerprint density at radius 2 is 0.837 bits per heavy atom. The van der Waals surface area contributed by atoms with E-state index in [9.17, 15) is 0 Å². The van der Waals surface area contributed by atoms with Crippen LogP contribution in [0, 0.1) is 0 Å². The van der Waals surface area contributed by atoms with Crippen LogP contribution in [0.25, 0.3) is 77.9 Å². The maximum absolute atomic E-state index is 7.47. The molecule has 0 heterocycles. The third kappa shape index (κ3) is 7.65. The monoisotopic (exact) mass is 1160 g/mol. The summed E-state index contributed by atoms with van der Waals surface area (Å²) in [6.07, 6.45) is 4.04. The molecule has 12 aromatic carbocycles. The molecule has 0 fully saturated rings. The molecule has 16 rings (SSSR count). The average Bonchev–Trinajstić information content (AvgIpc) is 1.60. The zero-order chi connectivity index (χ0) is 57.8. The minimum Gasteiger partial charge on any atom is -0.354 e. The molecule has 0 aliphatic heterocycles. The summed E-state index contributed by atoms with van der Waals surface area (Å²) in [5, 5.41) is 8.74. The van der Waals surface area contributed by atoms with E-state index in [0.29, 0.717) is 10.0 Å². The highest BCUT2D eigenvalue weighted by atomic mass is 35.5. The molecule has 4 aliphatic rings. The van der Waals surface area contributed by atoms with Crippen molar-refractivity contribution in [2.75, 3.05) is 10.6 Å². The van der Waals surface area contributed by atoms with Crippen molar-refractivity contribution in [3.63, 3.8) is 0 Å². The maximum atomic E-state index is 7.47. The van der Waals surface area contributed by atoms with Gasteiger partial charge in [-0.3, -0.25) is 4.99 Å². The first-order chi connectivity index (χ1) is 42.3. The van der Waals surface area contributed by atoms with Gasteiger partial charge >= 0.3 is 0 Å². The topological polar surface area (TPSA) is 36.4 Å². The van der Waals surface area contributed by atoms with E-state index in [1.54, 1.807) is 0 Å². The van der Waals surface area contributed by atoms with E-state index in [1.165, 1.54) is 83.5 Å². The number of nitrogens with zero attached hydrogens (tertiary/aromatic N) is 1. The Morgan fingerprint density at radius 3 is 1.47 bits per heavy atom. The molecule has 3 atom stereocenters. The lowest BCUT2D eigenvalue weighted by Crippen LogP contribution is -2.26. The molecule has 6 heteroatoms. The van der Waals surface area contributed by atoms with Crippen molar-refractivity contribution < 1.29 is 0 Å². The van der Waals surface area contributed by atoms with Gasteiger partial charge in [-0.2, -0.15) is 0 Å². The first-order valence-electron chi connectivity index (χ1n) is 29.4. The van der Waals surface area contributed by atoms with Crippen LogP contribution in [0.5, 0.6) is 0 Å². The van der Waals surface area contributed by atoms with Gasteiger partial charge in [-0.15, -0.1) is 11.6 Å². The van der Waals surface area contributed by atoms with Crippen LogP contribution in [0.4, 0.5) is 28.4 Å². The van der Waals surface area contributed by atoms with Gasteiger partial charge in [-0.05, 0) is 186 Å². The summed E-state index contributed by atoms with van der Waals surface area (Å²) in [5.74, 6) is 0. The molecule has 0 bridgehead atoms. The SMILES string of the molecule is C/C=C\C(=Nc1cccc2c1-c1ccccc1C21c2cc(-c3ccccc3)ccc2-c2cc(-c3ccc(Cl)c(Nc4cccc5c4-c4ccccc4C54c5ccccc5-c5c(Nc6ccccc6Cl)cccc54)c3)c(-c3ccccc3)cc21)C(C)Cl. The van der Waals surface area contributed by atoms with E-state index in [1.807, 2.05) is 56.3 Å². The van der Waals surface area contributed by atoms with E-state index in [2.05, 4.69) is 241 Å². The van der Waals surface area contributed by atoms with Crippen molar-refractivity contribution in [1.82, 2.24) is 0 Å². The number of allylic oxidation sites excluding steroid dienone is 2. The molecule has 410 valence electrons. The highest BCUT2D eigenvalue weighted by molar-refractivity contribution is 6.34. The van der Waals surface area contributed by atoms with Gasteiger partial charge < -0.3 is 10.6 Å². The Morgan fingerprint density at radius 1 is 0.360 bits per heavy atom. The van der Waals surface area contributed by atoms with Gasteiger partial charge in [0.2, 0.25) is 0 Å². The number of rotatable bonds is 10. The van der Waals surface area contributed by atoms with Crippen LogP contribution in [-0.2, 0) is 10.8 Å². The number of benzene rings is 12. The van der Waals surface area contributed by atoms with Crippen LogP contribution in [-0.4, -0.2) is 11.1 Å². The predicted molar refractivity (Wildman–Crippen MR) is 362 cm³/mol. The summed E-state index contributed by atoms with van der Waals surface area (Å²) in [4.78, 5) is 5.37. The molecule has 12 aromatic rings. The standard InChI is InChI=1S/C80H54Cl3N3/c1-3-21-70(48(2)81)84-72-37-20-34-65-78(72)56-28-12-15-31-62(56)80(65)66-44-51(49-22-6-4-7-23-49)40-42-53(66)59-46-57(58(47-67(59)80)50-24-8-5-9-25-50)52-41-43-69(83)75(45-52)86-74-39-19-33-64-77(74)55-27-11-14-30-61(55)79(64)60-29-13-10-26-54(60)76-63(79)32-18-38-73(76)85-71-36-17-16-35-68(71)82/h3-48,85-86H,1-2H3/b21-3-,84-70?. The minimum absolute atomic E-state index is 0.284. The van der Waals surface area contributed by atoms with Gasteiger partial charge in [0.05, 0.1) is 49.0 Å². The van der Waals surface area contributed by atoms with Crippen molar-refractivity contribution >= 4 is 69.0 Å². The van der Waals surface area contributed by atoms with Crippen LogP contribution in [0.1, 0.15) is 58.4 Å². The Labute approximate surface area is 516 Å². The van der Waals surface area contributed by atoms with Crippen LogP contribution < -0.4 is 10.6 Å². The van der Waals surface area contributed by atoms with Gasteiger partial charge in [-0.25, -0.2) is 0 Å². The first-order valence-corrected chi connectivity index (χ1v) is 30.5. The molecular weight excluding hydrogens is 1110 g/mol. The second kappa shape index (κ2) is 20.4. The van der Waals surface area contributed by atoms with E-state index in [-0.39, 0.29) is 5.38 Å². The Balaban J connectivity index is 0.886. The number of halogens is 3. The molecule has 0 aromatic heterocycles. The zero-order valence-electron chi connectivity index (χ0n) is 47.1. The van der Waals surface area contributed by atoms with E-state index < -0.39 is 10.8 Å². The lowest BCUT2D eigenvalue weighted by molar-refractivity contribution is 0.794. The molecule has 0 amide bonds. The van der Waals surface area contributed by atoms with Gasteiger partial charge in [-0.1, -0.05) is 229 Å². The van der Waals surface area contributed by atoms with E-state index >= 15 is 0 Å². The van der Waals surface area contributed by atoms with Crippen molar-refractivity contribution in [2.45, 2.75) is 30.1 Å². The number of para-hydroxylation sites is 1. The molecule has 86 heavy (non-hydrogen) atoms. The van der Waals surface area contributed by atoms with Crippen molar-refractivity contribution in [3.05, 3.63) is 328 Å². The maximum Gasteiger partial charge on any atom is 0.0729 e. The number of fused-ring (bicyclic) bond motifs is 20. The van der Waals surface area contributed by atoms with Crippen LogP contribution in [0.3, 0.4) is 0 Å². The lowest BCUT2D eigenvalue weighted by Gasteiger charge is -2.31. The Hall–Kier alpha value is -9.48. The number of anilines is 4. The highest BCUT2D eigenvalue weighted by Crippen LogP contribution is 2.67. The normalized spacial score (nSPS) is 16.5. The molecule has 2 spiro atoms. The summed E-state index contributed by atoms with van der Waals surface area (Å²) in [6.45, 7) is 4.00. The van der Waals surface area contributed by atoms with Crippen molar-refractivity contribution in [3.8, 4) is 77.9 Å². The summed E-state index contributed by atoms with van der Waals surface area (Å²) in [7, 11) is 0. The first kappa shape index (κ1) is 52.1. The number of aliphatic imine (C=N–C) groups is 1. The Kier molecular flexibility index (Phi) is 12.3. The summed E-state index contributed by atoms with van der Waals surface area (Å²) in [5.41, 5.74) is 30.0. The molecule has 3 unspecified atom stereocenters. The second-order valence-corrected chi connectivity index (χ2v) is 24.3. The van der Waals surface area contributed by atoms with E-state index in [0.717, 1.165) is 73.1 Å². The zero-order valence-corrected chi connectivity index (χ0v) is 49.4. The number of nitrogens with one attached hydrogen (secondary N) is 2. The van der Waals surface area contributed by atoms with E-state index in [4.69, 9.17) is 39.8 Å². The van der Waals surface area contributed by atoms with Gasteiger partial charge in [0.15, 0.2) is 0 Å². The molecule has 0 saturated heterocycles. The Bertz CT molecular complexity index is 4850. The van der Waals surface area contributed by atoms with Crippen molar-refractivity contribution in [1.29, 1.82) is 0 Å². The summed E-state index contributed by atoms with van der Waals surface area (Å²) < 4.78 is 0. The molecule has 0 saturated carbocycles. The van der Waals surface area contributed by atoms with Crippen molar-refractivity contribution in [2.24, 2.45) is 4.99 Å². The molecule has 0 radical (unpaired) electrons. The summed E-state index contributed by atoms with van der Waals surface area (Å²) in [6, 6.07) is 94.8. The van der Waals surface area contributed by atoms with Crippen LogP contribution in [0.2, 0.25) is 10.0 Å². The highest BCUT2D eigenvalue weighted by Gasteiger charge is 2.54. The quantitative estimate of drug-likeness (QED) is 0.106. The molecule has 3 nitrogen and oxygen atoms in total. The minimum atomic E-state index is -0.690. The largest absolute Gasteiger partial charge is 0.354 e. The fourth-order valence-corrected chi connectivity index (χ4v) is 15.4.